The Bertz CT molecular complexity index is 1400. The number of carbonyl (C=O) groups is 1. The predicted molar refractivity (Wildman–Crippen MR) is 137 cm³/mol. The van der Waals surface area contributed by atoms with Crippen molar-refractivity contribution in [3.63, 3.8) is 0 Å². The van der Waals surface area contributed by atoms with Crippen LogP contribution in [0.25, 0.3) is 22.3 Å². The van der Waals surface area contributed by atoms with E-state index in [1.54, 1.807) is 41.3 Å². The smallest absolute Gasteiger partial charge is 0.260 e. The standard InChI is InChI=1S/C26H24ClFN6O2/c1-16-14-33(23(35)15-36-20-8-4-18(27)5-9-20)12-13-34(16)25-24-22(31-26(29)32-25)11-10-21(30-24)17-2-6-19(28)7-3-17/h2-11,16H,12-15H2,1H3,(H2,29,31,32). The molecular weight excluding hydrogens is 483 g/mol. The first-order chi connectivity index (χ1) is 17.4. The van der Waals surface area contributed by atoms with Crippen molar-refractivity contribution in [2.24, 2.45) is 0 Å². The summed E-state index contributed by atoms with van der Waals surface area (Å²) in [7, 11) is 0. The van der Waals surface area contributed by atoms with Crippen LogP contribution >= 0.6 is 11.6 Å². The van der Waals surface area contributed by atoms with Crippen LogP contribution in [0.4, 0.5) is 16.2 Å². The SMILES string of the molecule is CC1CN(C(=O)COc2ccc(Cl)cc2)CCN1c1nc(N)nc2ccc(-c3ccc(F)cc3)nc12. The Morgan fingerprint density at radius 1 is 1.06 bits per heavy atom. The van der Waals surface area contributed by atoms with Gasteiger partial charge in [0.15, 0.2) is 12.4 Å². The number of rotatable bonds is 5. The van der Waals surface area contributed by atoms with E-state index in [2.05, 4.69) is 14.9 Å². The van der Waals surface area contributed by atoms with Gasteiger partial charge < -0.3 is 20.3 Å². The number of hydrogen-bond acceptors (Lipinski definition) is 7. The number of fused-ring (bicyclic) bond motifs is 1. The number of nitrogens with zero attached hydrogens (tertiary/aromatic N) is 5. The molecule has 36 heavy (non-hydrogen) atoms. The van der Waals surface area contributed by atoms with Gasteiger partial charge in [0, 0.05) is 36.3 Å². The zero-order valence-electron chi connectivity index (χ0n) is 19.6. The Kier molecular flexibility index (Phi) is 6.56. The number of amides is 1. The molecule has 0 bridgehead atoms. The molecule has 2 aromatic carbocycles. The maximum Gasteiger partial charge on any atom is 0.260 e. The van der Waals surface area contributed by atoms with E-state index in [0.717, 1.165) is 5.56 Å². The Balaban J connectivity index is 1.34. The number of halogens is 2. The van der Waals surface area contributed by atoms with Gasteiger partial charge in [-0.15, -0.1) is 0 Å². The molecule has 1 saturated heterocycles. The first kappa shape index (κ1) is 23.7. The fourth-order valence-corrected chi connectivity index (χ4v) is 4.39. The largest absolute Gasteiger partial charge is 0.484 e. The third-order valence-corrected chi connectivity index (χ3v) is 6.36. The number of hydrogen-bond donors (Lipinski definition) is 1. The van der Waals surface area contributed by atoms with Crippen LogP contribution in [0.3, 0.4) is 0 Å². The molecular formula is C26H24ClFN6O2. The van der Waals surface area contributed by atoms with Crippen molar-refractivity contribution >= 4 is 40.3 Å². The highest BCUT2D eigenvalue weighted by Crippen LogP contribution is 2.29. The molecule has 1 aliphatic rings. The van der Waals surface area contributed by atoms with Crippen LogP contribution in [0.2, 0.25) is 5.02 Å². The number of anilines is 2. The topological polar surface area (TPSA) is 97.5 Å². The summed E-state index contributed by atoms with van der Waals surface area (Å²) in [5.74, 6) is 0.941. The average Bonchev–Trinajstić information content (AvgIpc) is 2.88. The molecule has 0 aliphatic carbocycles. The van der Waals surface area contributed by atoms with E-state index in [9.17, 15) is 9.18 Å². The fraction of sp³-hybridized carbons (Fsp3) is 0.231. The van der Waals surface area contributed by atoms with Gasteiger partial charge in [0.05, 0.1) is 11.2 Å². The lowest BCUT2D eigenvalue weighted by molar-refractivity contribution is -0.134. The number of benzene rings is 2. The first-order valence-electron chi connectivity index (χ1n) is 11.5. The zero-order valence-corrected chi connectivity index (χ0v) is 20.3. The van der Waals surface area contributed by atoms with E-state index in [1.807, 2.05) is 19.1 Å². The molecule has 0 spiro atoms. The number of nitrogens with two attached hydrogens (primary N) is 1. The van der Waals surface area contributed by atoms with E-state index in [4.69, 9.17) is 27.1 Å². The number of nitrogen functional groups attached to an aromatic ring is 1. The predicted octanol–water partition coefficient (Wildman–Crippen LogP) is 4.18. The Morgan fingerprint density at radius 3 is 2.53 bits per heavy atom. The first-order valence-corrected chi connectivity index (χ1v) is 11.9. The van der Waals surface area contributed by atoms with Crippen molar-refractivity contribution in [1.29, 1.82) is 0 Å². The summed E-state index contributed by atoms with van der Waals surface area (Å²) in [6.07, 6.45) is 0. The molecule has 184 valence electrons. The molecule has 1 amide bonds. The van der Waals surface area contributed by atoms with E-state index in [0.29, 0.717) is 53.0 Å². The third kappa shape index (κ3) is 5.01. The zero-order chi connectivity index (χ0) is 25.2. The Morgan fingerprint density at radius 2 is 1.81 bits per heavy atom. The molecule has 2 aromatic heterocycles. The molecule has 10 heteroatoms. The second-order valence-corrected chi connectivity index (χ2v) is 9.04. The van der Waals surface area contributed by atoms with Gasteiger partial charge >= 0.3 is 0 Å². The minimum Gasteiger partial charge on any atom is -0.484 e. The molecule has 2 N–H and O–H groups in total. The highest BCUT2D eigenvalue weighted by molar-refractivity contribution is 6.30. The van der Waals surface area contributed by atoms with Crippen LogP contribution in [0.1, 0.15) is 6.92 Å². The van der Waals surface area contributed by atoms with Crippen LogP contribution in [-0.2, 0) is 4.79 Å². The Hall–Kier alpha value is -3.98. The van der Waals surface area contributed by atoms with Gasteiger partial charge in [0.1, 0.15) is 17.1 Å². The van der Waals surface area contributed by atoms with Crippen molar-refractivity contribution in [3.05, 3.63) is 71.5 Å². The lowest BCUT2D eigenvalue weighted by Gasteiger charge is -2.40. The molecule has 4 aromatic rings. The molecule has 5 rings (SSSR count). The van der Waals surface area contributed by atoms with Gasteiger partial charge in [-0.05, 0) is 67.6 Å². The van der Waals surface area contributed by atoms with Crippen molar-refractivity contribution in [2.45, 2.75) is 13.0 Å². The van der Waals surface area contributed by atoms with Gasteiger partial charge in [-0.3, -0.25) is 4.79 Å². The summed E-state index contributed by atoms with van der Waals surface area (Å²) >= 11 is 5.90. The van der Waals surface area contributed by atoms with Gasteiger partial charge in [-0.2, -0.15) is 4.98 Å². The summed E-state index contributed by atoms with van der Waals surface area (Å²) < 4.78 is 19.0. The van der Waals surface area contributed by atoms with Crippen LogP contribution in [-0.4, -0.2) is 58.0 Å². The summed E-state index contributed by atoms with van der Waals surface area (Å²) in [4.78, 5) is 30.3. The number of piperazine rings is 1. The monoisotopic (exact) mass is 506 g/mol. The van der Waals surface area contributed by atoms with Crippen LogP contribution in [0.5, 0.6) is 5.75 Å². The molecule has 8 nitrogen and oxygen atoms in total. The maximum atomic E-state index is 13.4. The molecule has 3 heterocycles. The fourth-order valence-electron chi connectivity index (χ4n) is 4.26. The molecule has 0 radical (unpaired) electrons. The molecule has 1 fully saturated rings. The van der Waals surface area contributed by atoms with Crippen LogP contribution in [0, 0.1) is 5.82 Å². The number of aromatic nitrogens is 3. The van der Waals surface area contributed by atoms with Crippen molar-refractivity contribution < 1.29 is 13.9 Å². The van der Waals surface area contributed by atoms with Crippen molar-refractivity contribution in [2.75, 3.05) is 36.9 Å². The summed E-state index contributed by atoms with van der Waals surface area (Å²) in [5, 5.41) is 0.607. The number of ether oxygens (including phenoxy) is 1. The lowest BCUT2D eigenvalue weighted by Crippen LogP contribution is -2.55. The Labute approximate surface area is 212 Å². The second kappa shape index (κ2) is 9.94. The normalized spacial score (nSPS) is 15.8. The minimum atomic E-state index is -0.309. The van der Waals surface area contributed by atoms with E-state index in [1.165, 1.54) is 12.1 Å². The van der Waals surface area contributed by atoms with Crippen LogP contribution < -0.4 is 15.4 Å². The summed E-state index contributed by atoms with van der Waals surface area (Å²) in [6.45, 7) is 3.50. The molecule has 1 unspecified atom stereocenters. The quantitative estimate of drug-likeness (QED) is 0.433. The van der Waals surface area contributed by atoms with E-state index >= 15 is 0 Å². The highest BCUT2D eigenvalue weighted by Gasteiger charge is 2.29. The van der Waals surface area contributed by atoms with Crippen molar-refractivity contribution in [1.82, 2.24) is 19.9 Å². The second-order valence-electron chi connectivity index (χ2n) is 8.60. The molecule has 0 saturated carbocycles. The third-order valence-electron chi connectivity index (χ3n) is 6.11. The van der Waals surface area contributed by atoms with Crippen molar-refractivity contribution in [3.8, 4) is 17.0 Å². The average molecular weight is 507 g/mol. The van der Waals surface area contributed by atoms with E-state index < -0.39 is 0 Å². The summed E-state index contributed by atoms with van der Waals surface area (Å²) in [5.41, 5.74) is 8.69. The van der Waals surface area contributed by atoms with Crippen LogP contribution in [0.15, 0.2) is 60.7 Å². The molecule has 1 atom stereocenters. The maximum absolute atomic E-state index is 13.4. The van der Waals surface area contributed by atoms with Gasteiger partial charge in [-0.25, -0.2) is 14.4 Å². The highest BCUT2D eigenvalue weighted by atomic mass is 35.5. The minimum absolute atomic E-state index is 0.0491. The van der Waals surface area contributed by atoms with E-state index in [-0.39, 0.29) is 30.3 Å². The molecule has 1 aliphatic heterocycles. The number of pyridine rings is 1. The lowest BCUT2D eigenvalue weighted by atomic mass is 10.1. The van der Waals surface area contributed by atoms with Gasteiger partial charge in [0.25, 0.3) is 5.91 Å². The van der Waals surface area contributed by atoms with Gasteiger partial charge in [0.2, 0.25) is 5.95 Å². The van der Waals surface area contributed by atoms with Gasteiger partial charge in [-0.1, -0.05) is 11.6 Å². The number of carbonyl (C=O) groups excluding carboxylic acids is 1. The summed E-state index contributed by atoms with van der Waals surface area (Å²) in [6, 6.07) is 16.7.